The molecule has 31 heavy (non-hydrogen) atoms. The van der Waals surface area contributed by atoms with Gasteiger partial charge in [-0.3, -0.25) is 4.90 Å². The molecule has 7 nitrogen and oxygen atoms in total. The van der Waals surface area contributed by atoms with Crippen LogP contribution in [0.15, 0.2) is 35.9 Å². The molecule has 0 aliphatic carbocycles. The highest BCUT2D eigenvalue weighted by Crippen LogP contribution is 2.30. The number of rotatable bonds is 4. The first kappa shape index (κ1) is 23.1. The zero-order valence-corrected chi connectivity index (χ0v) is 19.2. The van der Waals surface area contributed by atoms with Gasteiger partial charge in [0.05, 0.1) is 20.3 Å². The number of nitrogens with zero attached hydrogens (tertiary/aromatic N) is 2. The molecule has 3 rings (SSSR count). The van der Waals surface area contributed by atoms with Crippen LogP contribution in [0, 0.1) is 0 Å². The molecule has 7 heteroatoms. The number of fused-ring (bicyclic) bond motifs is 1. The molecule has 170 valence electrons. The lowest BCUT2D eigenvalue weighted by atomic mass is 9.91. The van der Waals surface area contributed by atoms with Crippen molar-refractivity contribution in [1.82, 2.24) is 9.80 Å². The summed E-state index contributed by atoms with van der Waals surface area (Å²) in [6.45, 7) is 7.89. The van der Waals surface area contributed by atoms with E-state index in [2.05, 4.69) is 4.90 Å². The van der Waals surface area contributed by atoms with Gasteiger partial charge in [-0.1, -0.05) is 17.7 Å². The van der Waals surface area contributed by atoms with E-state index < -0.39 is 5.60 Å². The maximum Gasteiger partial charge on any atom is 0.410 e. The fourth-order valence-electron chi connectivity index (χ4n) is 4.28. The third-order valence-electron chi connectivity index (χ3n) is 5.81. The smallest absolute Gasteiger partial charge is 0.410 e. The topological polar surface area (TPSA) is 68.3 Å². The highest BCUT2D eigenvalue weighted by atomic mass is 16.6. The Morgan fingerprint density at radius 1 is 1.13 bits per heavy atom. The number of amides is 1. The Bertz CT molecular complexity index is 812. The molecule has 2 atom stereocenters. The van der Waals surface area contributed by atoms with Crippen LogP contribution in [0.2, 0.25) is 0 Å². The van der Waals surface area contributed by atoms with Crippen LogP contribution in [0.25, 0.3) is 0 Å². The van der Waals surface area contributed by atoms with Crippen molar-refractivity contribution in [3.05, 3.63) is 41.5 Å². The van der Waals surface area contributed by atoms with Gasteiger partial charge in [-0.25, -0.2) is 9.59 Å². The third-order valence-corrected chi connectivity index (χ3v) is 5.81. The van der Waals surface area contributed by atoms with Gasteiger partial charge in [0, 0.05) is 31.8 Å². The van der Waals surface area contributed by atoms with E-state index in [4.69, 9.17) is 14.2 Å². The molecule has 2 aliphatic rings. The van der Waals surface area contributed by atoms with Crippen molar-refractivity contribution in [3.63, 3.8) is 0 Å². The van der Waals surface area contributed by atoms with Gasteiger partial charge in [0.1, 0.15) is 11.4 Å². The number of carbonyl (C=O) groups excluding carboxylic acids is 2. The van der Waals surface area contributed by atoms with Crippen LogP contribution in [0.3, 0.4) is 0 Å². The second-order valence-corrected chi connectivity index (χ2v) is 9.27. The van der Waals surface area contributed by atoms with E-state index in [1.165, 1.54) is 7.11 Å². The van der Waals surface area contributed by atoms with Crippen molar-refractivity contribution in [3.8, 4) is 5.75 Å². The minimum absolute atomic E-state index is 0.0191. The Balaban J connectivity index is 1.78. The van der Waals surface area contributed by atoms with Crippen molar-refractivity contribution in [2.45, 2.75) is 57.7 Å². The summed E-state index contributed by atoms with van der Waals surface area (Å²) in [7, 11) is 3.04. The van der Waals surface area contributed by atoms with Gasteiger partial charge in [-0.15, -0.1) is 0 Å². The first-order valence-corrected chi connectivity index (χ1v) is 10.8. The molecule has 1 aromatic rings. The van der Waals surface area contributed by atoms with Gasteiger partial charge < -0.3 is 19.1 Å². The number of piperazine rings is 1. The zero-order chi connectivity index (χ0) is 22.6. The van der Waals surface area contributed by atoms with Gasteiger partial charge in [0.15, 0.2) is 0 Å². The number of piperidine rings is 1. The van der Waals surface area contributed by atoms with E-state index in [0.717, 1.165) is 49.2 Å². The van der Waals surface area contributed by atoms with Gasteiger partial charge >= 0.3 is 12.1 Å². The Hall–Kier alpha value is -2.54. The molecule has 0 saturated carbocycles. The molecule has 0 spiro atoms. The number of carbonyl (C=O) groups is 2. The Morgan fingerprint density at radius 3 is 2.45 bits per heavy atom. The van der Waals surface area contributed by atoms with Gasteiger partial charge in [0.25, 0.3) is 0 Å². The maximum atomic E-state index is 13.1. The first-order valence-electron chi connectivity index (χ1n) is 10.8. The van der Waals surface area contributed by atoms with Crippen LogP contribution in [0.1, 0.15) is 39.2 Å². The summed E-state index contributed by atoms with van der Waals surface area (Å²) in [5.41, 5.74) is 1.67. The van der Waals surface area contributed by atoms with Crippen molar-refractivity contribution < 1.29 is 23.8 Å². The molecule has 0 aromatic heterocycles. The van der Waals surface area contributed by atoms with Crippen molar-refractivity contribution in [2.75, 3.05) is 33.9 Å². The van der Waals surface area contributed by atoms with Crippen molar-refractivity contribution >= 4 is 12.1 Å². The Labute approximate surface area is 184 Å². The van der Waals surface area contributed by atoms with E-state index in [1.54, 1.807) is 13.2 Å². The van der Waals surface area contributed by atoms with Crippen molar-refractivity contribution in [2.24, 2.45) is 0 Å². The summed E-state index contributed by atoms with van der Waals surface area (Å²) in [4.78, 5) is 29.0. The molecule has 2 aliphatic heterocycles. The second-order valence-electron chi connectivity index (χ2n) is 9.27. The SMILES string of the molecule is COC(=O)C=C1CCN2C[C@H](Cc3ccc(OC)cc3)N(C(=O)OC(C)(C)C)C[C@H]2C1. The number of hydrogen-bond donors (Lipinski definition) is 0. The van der Waals surface area contributed by atoms with Crippen molar-refractivity contribution in [1.29, 1.82) is 0 Å². The molecular weight excluding hydrogens is 396 g/mol. The summed E-state index contributed by atoms with van der Waals surface area (Å²) >= 11 is 0. The number of esters is 1. The van der Waals surface area contributed by atoms with Crippen LogP contribution >= 0.6 is 0 Å². The molecular formula is C24H34N2O5. The number of hydrogen-bond acceptors (Lipinski definition) is 6. The fourth-order valence-corrected chi connectivity index (χ4v) is 4.28. The van der Waals surface area contributed by atoms with Gasteiger partial charge in [0.2, 0.25) is 0 Å². The largest absolute Gasteiger partial charge is 0.497 e. The standard InChI is InChI=1S/C24H34N2O5/c1-24(2,3)31-23(28)26-16-19-13-18(14-22(27)30-5)10-11-25(19)15-20(26)12-17-6-8-21(29-4)9-7-17/h6-9,14,19-20H,10-13,15-16H2,1-5H3/t19-,20+/m1/s1. The lowest BCUT2D eigenvalue weighted by Crippen LogP contribution is -2.62. The zero-order valence-electron chi connectivity index (χ0n) is 19.2. The maximum absolute atomic E-state index is 13.1. The summed E-state index contributed by atoms with van der Waals surface area (Å²) in [5, 5.41) is 0. The van der Waals surface area contributed by atoms with Crippen LogP contribution in [0.5, 0.6) is 5.75 Å². The molecule has 2 heterocycles. The lowest BCUT2D eigenvalue weighted by Gasteiger charge is -2.48. The van der Waals surface area contributed by atoms with E-state index in [1.807, 2.05) is 49.9 Å². The Morgan fingerprint density at radius 2 is 1.84 bits per heavy atom. The van der Waals surface area contributed by atoms with Gasteiger partial charge in [-0.05, 0) is 57.7 Å². The first-order chi connectivity index (χ1) is 14.7. The summed E-state index contributed by atoms with van der Waals surface area (Å²) in [6, 6.07) is 8.18. The molecule has 1 amide bonds. The Kier molecular flexibility index (Phi) is 7.26. The highest BCUT2D eigenvalue weighted by molar-refractivity contribution is 5.82. The monoisotopic (exact) mass is 430 g/mol. The third kappa shape index (κ3) is 6.23. The van der Waals surface area contributed by atoms with Crippen LogP contribution < -0.4 is 4.74 Å². The van der Waals surface area contributed by atoms with E-state index in [9.17, 15) is 9.59 Å². The fraction of sp³-hybridized carbons (Fsp3) is 0.583. The second kappa shape index (κ2) is 9.73. The molecule has 0 N–H and O–H groups in total. The molecule has 1 aromatic carbocycles. The molecule has 0 unspecified atom stereocenters. The number of benzene rings is 1. The highest BCUT2D eigenvalue weighted by Gasteiger charge is 2.40. The molecule has 2 saturated heterocycles. The molecule has 0 bridgehead atoms. The minimum Gasteiger partial charge on any atom is -0.497 e. The van der Waals surface area contributed by atoms with Crippen LogP contribution in [-0.4, -0.2) is 73.4 Å². The lowest BCUT2D eigenvalue weighted by molar-refractivity contribution is -0.134. The minimum atomic E-state index is -0.554. The predicted octanol–water partition coefficient (Wildman–Crippen LogP) is 3.42. The van der Waals surface area contributed by atoms with Crippen LogP contribution in [0.4, 0.5) is 4.79 Å². The normalized spacial score (nSPS) is 23.3. The van der Waals surface area contributed by atoms with Gasteiger partial charge in [-0.2, -0.15) is 0 Å². The molecule has 0 radical (unpaired) electrons. The molecule has 2 fully saturated rings. The number of methoxy groups -OCH3 is 2. The number of ether oxygens (including phenoxy) is 3. The van der Waals surface area contributed by atoms with E-state index in [0.29, 0.717) is 6.54 Å². The van der Waals surface area contributed by atoms with E-state index in [-0.39, 0.29) is 24.1 Å². The quantitative estimate of drug-likeness (QED) is 0.539. The summed E-state index contributed by atoms with van der Waals surface area (Å²) < 4.78 is 15.8. The van der Waals surface area contributed by atoms with E-state index >= 15 is 0 Å². The average molecular weight is 431 g/mol. The summed E-state index contributed by atoms with van der Waals surface area (Å²) in [6.07, 6.45) is 3.65. The summed E-state index contributed by atoms with van der Waals surface area (Å²) in [5.74, 6) is 0.498. The van der Waals surface area contributed by atoms with Crippen LogP contribution in [-0.2, 0) is 20.7 Å². The predicted molar refractivity (Wildman–Crippen MR) is 118 cm³/mol. The average Bonchev–Trinajstić information content (AvgIpc) is 2.72.